The Hall–Kier alpha value is -1.80. The molecule has 0 radical (unpaired) electrons. The maximum atomic E-state index is 13.3. The van der Waals surface area contributed by atoms with E-state index < -0.39 is 41.2 Å². The number of amides is 2. The smallest absolute Gasteiger partial charge is 0.338 e. The molecule has 0 aromatic heterocycles. The Morgan fingerprint density at radius 3 is 1.79 bits per heavy atom. The van der Waals surface area contributed by atoms with Gasteiger partial charge in [0.1, 0.15) is 0 Å². The van der Waals surface area contributed by atoms with Gasteiger partial charge in [-0.25, -0.2) is 4.79 Å². The van der Waals surface area contributed by atoms with Crippen LogP contribution in [0.4, 0.5) is 0 Å². The Bertz CT molecular complexity index is 576. The highest BCUT2D eigenvalue weighted by atomic mass is 16.4. The molecule has 0 bridgehead atoms. The van der Waals surface area contributed by atoms with E-state index in [-0.39, 0.29) is 31.1 Å². The maximum Gasteiger partial charge on any atom is 0.338 e. The molecule has 0 aromatic rings. The second-order valence-corrected chi connectivity index (χ2v) is 8.30. The molecule has 0 saturated heterocycles. The Kier molecular flexibility index (Phi) is 10.5. The zero-order chi connectivity index (χ0) is 22.2. The Balaban J connectivity index is 6.41. The molecule has 0 spiro atoms. The third-order valence-corrected chi connectivity index (χ3v) is 4.68. The monoisotopic (exact) mass is 399 g/mol. The number of Topliss-reactive ketones (excluding diaryl/α,β-unsaturated/α-hetero) is 1. The van der Waals surface area contributed by atoms with Crippen LogP contribution in [0.15, 0.2) is 0 Å². The largest absolute Gasteiger partial charge is 0.479 e. The number of carboxylic acids is 1. The van der Waals surface area contributed by atoms with E-state index >= 15 is 0 Å². The predicted octanol–water partition coefficient (Wildman–Crippen LogP) is 1.69. The fourth-order valence-electron chi connectivity index (χ4n) is 3.39. The lowest BCUT2D eigenvalue weighted by atomic mass is 9.80. The molecule has 0 aromatic carbocycles. The molecule has 0 fully saturated rings. The molecule has 0 aliphatic heterocycles. The van der Waals surface area contributed by atoms with Gasteiger partial charge >= 0.3 is 5.97 Å². The van der Waals surface area contributed by atoms with E-state index in [2.05, 4.69) is 0 Å². The van der Waals surface area contributed by atoms with Gasteiger partial charge in [-0.3, -0.25) is 19.3 Å². The summed E-state index contributed by atoms with van der Waals surface area (Å²) < 4.78 is 0. The van der Waals surface area contributed by atoms with Gasteiger partial charge in [0.15, 0.2) is 5.78 Å². The van der Waals surface area contributed by atoms with E-state index in [1.807, 2.05) is 34.6 Å². The van der Waals surface area contributed by atoms with E-state index in [9.17, 15) is 24.3 Å². The normalized spacial score (nSPS) is 15.8. The van der Waals surface area contributed by atoms with Crippen LogP contribution >= 0.6 is 0 Å². The third kappa shape index (κ3) is 6.38. The molecule has 0 rings (SSSR count). The van der Waals surface area contributed by atoms with Crippen molar-refractivity contribution >= 4 is 23.6 Å². The maximum absolute atomic E-state index is 13.3. The van der Waals surface area contributed by atoms with E-state index in [1.54, 1.807) is 0 Å². The summed E-state index contributed by atoms with van der Waals surface area (Å²) in [6.45, 7) is 10.3. The number of unbranched alkanes of at least 4 members (excludes halogenated alkanes) is 1. The molecule has 0 aliphatic rings. The quantitative estimate of drug-likeness (QED) is 0.424. The lowest BCUT2D eigenvalue weighted by Gasteiger charge is -2.40. The topological polar surface area (TPSA) is 144 Å². The van der Waals surface area contributed by atoms with Crippen molar-refractivity contribution in [3.05, 3.63) is 0 Å². The van der Waals surface area contributed by atoms with Gasteiger partial charge in [0.2, 0.25) is 17.4 Å². The van der Waals surface area contributed by atoms with Crippen LogP contribution in [0.1, 0.15) is 73.6 Å². The van der Waals surface area contributed by atoms with Crippen LogP contribution in [-0.4, -0.2) is 51.2 Å². The number of ketones is 1. The fourth-order valence-corrected chi connectivity index (χ4v) is 3.39. The summed E-state index contributed by atoms with van der Waals surface area (Å²) in [5.41, 5.74) is 9.63. The Morgan fingerprint density at radius 1 is 0.964 bits per heavy atom. The van der Waals surface area contributed by atoms with Crippen molar-refractivity contribution in [2.24, 2.45) is 23.3 Å². The molecule has 0 heterocycles. The van der Waals surface area contributed by atoms with Crippen LogP contribution in [0.25, 0.3) is 0 Å². The molecule has 8 nitrogen and oxygen atoms in total. The van der Waals surface area contributed by atoms with Crippen molar-refractivity contribution < 1.29 is 24.3 Å². The Labute approximate surface area is 168 Å². The fraction of sp³-hybridized carbons (Fsp3) is 0.800. The minimum Gasteiger partial charge on any atom is -0.479 e. The SMILES string of the molecule is CCCCC(C(=O)O)(C(=O)C(N)CC(C)C)N(C(C)=O)C(=O)C(N)CC(C)C. The summed E-state index contributed by atoms with van der Waals surface area (Å²) in [4.78, 5) is 51.6. The van der Waals surface area contributed by atoms with Crippen LogP contribution in [-0.2, 0) is 19.2 Å². The molecule has 5 N–H and O–H groups in total. The lowest BCUT2D eigenvalue weighted by Crippen LogP contribution is -2.68. The zero-order valence-electron chi connectivity index (χ0n) is 18.0. The van der Waals surface area contributed by atoms with E-state index in [0.29, 0.717) is 17.7 Å². The van der Waals surface area contributed by atoms with E-state index in [0.717, 1.165) is 6.92 Å². The predicted molar refractivity (Wildman–Crippen MR) is 107 cm³/mol. The number of imide groups is 1. The molecule has 28 heavy (non-hydrogen) atoms. The first-order valence-corrected chi connectivity index (χ1v) is 9.96. The zero-order valence-corrected chi connectivity index (χ0v) is 18.0. The van der Waals surface area contributed by atoms with Crippen LogP contribution in [0.3, 0.4) is 0 Å². The van der Waals surface area contributed by atoms with E-state index in [1.165, 1.54) is 0 Å². The molecular weight excluding hydrogens is 362 g/mol. The minimum absolute atomic E-state index is 0.0429. The molecule has 2 amide bonds. The number of carbonyl (C=O) groups excluding carboxylic acids is 3. The van der Waals surface area contributed by atoms with Crippen LogP contribution in [0.2, 0.25) is 0 Å². The molecule has 3 unspecified atom stereocenters. The molecule has 162 valence electrons. The first-order valence-electron chi connectivity index (χ1n) is 9.96. The van der Waals surface area contributed by atoms with Gasteiger partial charge < -0.3 is 16.6 Å². The van der Waals surface area contributed by atoms with Gasteiger partial charge in [-0.2, -0.15) is 0 Å². The van der Waals surface area contributed by atoms with Gasteiger partial charge in [-0.15, -0.1) is 0 Å². The van der Waals surface area contributed by atoms with Crippen LogP contribution in [0, 0.1) is 11.8 Å². The summed E-state index contributed by atoms with van der Waals surface area (Å²) in [5, 5.41) is 10.1. The van der Waals surface area contributed by atoms with E-state index in [4.69, 9.17) is 11.5 Å². The molecular formula is C20H37N3O5. The standard InChI is InChI=1S/C20H37N3O5/c1-7-8-9-20(19(27)28,17(25)15(21)10-12(2)3)23(14(6)24)18(26)16(22)11-13(4)5/h12-13,15-16H,7-11,21-22H2,1-6H3,(H,27,28). The van der Waals surface area contributed by atoms with Gasteiger partial charge in [0.05, 0.1) is 12.1 Å². The molecule has 3 atom stereocenters. The van der Waals surface area contributed by atoms with Gasteiger partial charge in [0, 0.05) is 6.92 Å². The van der Waals surface area contributed by atoms with Gasteiger partial charge in [-0.05, 0) is 31.1 Å². The highest BCUT2D eigenvalue weighted by Crippen LogP contribution is 2.29. The second kappa shape index (κ2) is 11.3. The number of hydrogen-bond acceptors (Lipinski definition) is 6. The first-order chi connectivity index (χ1) is 12.8. The van der Waals surface area contributed by atoms with Crippen LogP contribution in [0.5, 0.6) is 0 Å². The summed E-state index contributed by atoms with van der Waals surface area (Å²) in [7, 11) is 0. The number of nitrogens with two attached hydrogens (primary N) is 2. The van der Waals surface area contributed by atoms with Crippen molar-refractivity contribution in [3.8, 4) is 0 Å². The first kappa shape index (κ1) is 26.2. The Morgan fingerprint density at radius 2 is 1.43 bits per heavy atom. The summed E-state index contributed by atoms with van der Waals surface area (Å²) in [6, 6.07) is -2.19. The molecule has 0 saturated carbocycles. The molecule has 0 aliphatic carbocycles. The molecule has 8 heteroatoms. The average molecular weight is 400 g/mol. The van der Waals surface area contributed by atoms with Gasteiger partial charge in [0.25, 0.3) is 0 Å². The van der Waals surface area contributed by atoms with Crippen molar-refractivity contribution in [1.29, 1.82) is 0 Å². The third-order valence-electron chi connectivity index (χ3n) is 4.68. The number of hydrogen-bond donors (Lipinski definition) is 3. The van der Waals surface area contributed by atoms with Crippen LogP contribution < -0.4 is 11.5 Å². The second-order valence-electron chi connectivity index (χ2n) is 8.30. The number of aliphatic carboxylic acids is 1. The van der Waals surface area contributed by atoms with Crippen molar-refractivity contribution in [1.82, 2.24) is 4.90 Å². The summed E-state index contributed by atoms with van der Waals surface area (Å²) >= 11 is 0. The van der Waals surface area contributed by atoms with Gasteiger partial charge in [-0.1, -0.05) is 47.5 Å². The number of carbonyl (C=O) groups is 4. The van der Waals surface area contributed by atoms with Crippen molar-refractivity contribution in [2.75, 3.05) is 0 Å². The number of rotatable bonds is 12. The van der Waals surface area contributed by atoms with Crippen molar-refractivity contribution in [2.45, 2.75) is 91.3 Å². The number of carboxylic acid groups (broad SMARTS) is 1. The average Bonchev–Trinajstić information content (AvgIpc) is 2.55. The highest BCUT2D eigenvalue weighted by Gasteiger charge is 2.56. The number of nitrogens with zero attached hydrogens (tertiary/aromatic N) is 1. The highest BCUT2D eigenvalue weighted by molar-refractivity contribution is 6.16. The summed E-state index contributed by atoms with van der Waals surface area (Å²) in [5.74, 6) is -3.96. The minimum atomic E-state index is -2.35. The lowest BCUT2D eigenvalue weighted by molar-refractivity contribution is -0.172. The van der Waals surface area contributed by atoms with Crippen molar-refractivity contribution in [3.63, 3.8) is 0 Å². The summed E-state index contributed by atoms with van der Waals surface area (Å²) in [6.07, 6.45) is 1.24.